The number of hydrogen-bond acceptors (Lipinski definition) is 4. The van der Waals surface area contributed by atoms with Crippen LogP contribution in [0.2, 0.25) is 0 Å². The van der Waals surface area contributed by atoms with Crippen molar-refractivity contribution in [2.75, 3.05) is 40.3 Å². The van der Waals surface area contributed by atoms with Crippen molar-refractivity contribution in [3.8, 4) is 0 Å². The molecule has 2 aliphatic rings. The van der Waals surface area contributed by atoms with Gasteiger partial charge in [0.2, 0.25) is 0 Å². The van der Waals surface area contributed by atoms with Crippen molar-refractivity contribution in [2.24, 2.45) is 0 Å². The van der Waals surface area contributed by atoms with Gasteiger partial charge in [0.25, 0.3) is 0 Å². The molecule has 0 radical (unpaired) electrons. The van der Waals surface area contributed by atoms with Crippen molar-refractivity contribution in [1.29, 1.82) is 0 Å². The van der Waals surface area contributed by atoms with E-state index in [1.165, 1.54) is 0 Å². The second-order valence-corrected chi connectivity index (χ2v) is 6.60. The first-order valence-electron chi connectivity index (χ1n) is 8.02. The number of likely N-dealkylation sites (tertiary alicyclic amines) is 2. The number of rotatable bonds is 0. The molecule has 0 aromatic rings. The van der Waals surface area contributed by atoms with Crippen LogP contribution in [0.1, 0.15) is 53.4 Å². The van der Waals surface area contributed by atoms with Crippen LogP contribution in [-0.2, 0) is 0 Å². The van der Waals surface area contributed by atoms with Crippen LogP contribution in [0.4, 0.5) is 0 Å². The number of nitrogens with zero attached hydrogens (tertiary/aromatic N) is 2. The fourth-order valence-corrected chi connectivity index (χ4v) is 2.20. The van der Waals surface area contributed by atoms with E-state index in [0.717, 1.165) is 51.9 Å². The molecule has 4 nitrogen and oxygen atoms in total. The number of aliphatic hydroxyl groups is 2. The molecule has 0 aliphatic carbocycles. The fourth-order valence-electron chi connectivity index (χ4n) is 2.20. The summed E-state index contributed by atoms with van der Waals surface area (Å²) in [5.41, 5.74) is -0.765. The standard InChI is InChI=1S/2C7H15NO.C2H6/c2*1-7(9)3-5-8(2)6-4-7;1-2/h2*9H,3-6H2,1-2H3;1-2H3. The fraction of sp³-hybridized carbons (Fsp3) is 1.00. The third kappa shape index (κ3) is 8.90. The maximum Gasteiger partial charge on any atom is 0.0644 e. The van der Waals surface area contributed by atoms with E-state index in [0.29, 0.717) is 0 Å². The van der Waals surface area contributed by atoms with Gasteiger partial charge < -0.3 is 20.0 Å². The van der Waals surface area contributed by atoms with Gasteiger partial charge in [-0.2, -0.15) is 0 Å². The van der Waals surface area contributed by atoms with Gasteiger partial charge >= 0.3 is 0 Å². The third-order valence-corrected chi connectivity index (χ3v) is 4.13. The third-order valence-electron chi connectivity index (χ3n) is 4.13. The van der Waals surface area contributed by atoms with E-state index in [1.807, 2.05) is 27.7 Å². The maximum atomic E-state index is 9.47. The van der Waals surface area contributed by atoms with Gasteiger partial charge in [0.1, 0.15) is 0 Å². The predicted molar refractivity (Wildman–Crippen MR) is 86.1 cm³/mol. The lowest BCUT2D eigenvalue weighted by Crippen LogP contribution is -2.40. The number of hydrogen-bond donors (Lipinski definition) is 2. The molecule has 0 saturated carbocycles. The smallest absolute Gasteiger partial charge is 0.0644 e. The second-order valence-electron chi connectivity index (χ2n) is 6.60. The monoisotopic (exact) mass is 288 g/mol. The molecule has 0 bridgehead atoms. The lowest BCUT2D eigenvalue weighted by Gasteiger charge is -2.33. The van der Waals surface area contributed by atoms with E-state index in [9.17, 15) is 10.2 Å². The number of piperidine rings is 2. The minimum atomic E-state index is -0.382. The maximum absolute atomic E-state index is 9.47. The van der Waals surface area contributed by atoms with Crippen molar-refractivity contribution in [3.05, 3.63) is 0 Å². The van der Waals surface area contributed by atoms with Crippen molar-refractivity contribution in [1.82, 2.24) is 9.80 Å². The quantitative estimate of drug-likeness (QED) is 0.715. The van der Waals surface area contributed by atoms with Crippen LogP contribution in [0.5, 0.6) is 0 Å². The molecule has 0 atom stereocenters. The zero-order valence-electron chi connectivity index (χ0n) is 14.4. The molecule has 0 unspecified atom stereocenters. The van der Waals surface area contributed by atoms with E-state index in [2.05, 4.69) is 23.9 Å². The lowest BCUT2D eigenvalue weighted by molar-refractivity contribution is 0.000584. The molecule has 2 rings (SSSR count). The molecular weight excluding hydrogens is 252 g/mol. The van der Waals surface area contributed by atoms with Gasteiger partial charge in [0, 0.05) is 26.2 Å². The Labute approximate surface area is 125 Å². The summed E-state index contributed by atoms with van der Waals surface area (Å²) in [5, 5.41) is 18.9. The normalized spacial score (nSPS) is 25.8. The molecule has 0 spiro atoms. The van der Waals surface area contributed by atoms with Crippen LogP contribution < -0.4 is 0 Å². The molecule has 2 heterocycles. The summed E-state index contributed by atoms with van der Waals surface area (Å²) in [5.74, 6) is 0. The Morgan fingerprint density at radius 3 is 1.00 bits per heavy atom. The van der Waals surface area contributed by atoms with Crippen LogP contribution in [0.3, 0.4) is 0 Å². The predicted octanol–water partition coefficient (Wildman–Crippen LogP) is 1.95. The van der Waals surface area contributed by atoms with Gasteiger partial charge in [-0.1, -0.05) is 13.8 Å². The van der Waals surface area contributed by atoms with Crippen molar-refractivity contribution in [2.45, 2.75) is 64.6 Å². The van der Waals surface area contributed by atoms with Crippen LogP contribution in [-0.4, -0.2) is 71.5 Å². The van der Waals surface area contributed by atoms with Crippen molar-refractivity contribution in [3.63, 3.8) is 0 Å². The van der Waals surface area contributed by atoms with Crippen molar-refractivity contribution < 1.29 is 10.2 Å². The van der Waals surface area contributed by atoms with E-state index in [4.69, 9.17) is 0 Å². The average molecular weight is 288 g/mol. The van der Waals surface area contributed by atoms with E-state index in [-0.39, 0.29) is 11.2 Å². The van der Waals surface area contributed by atoms with Crippen LogP contribution in [0.25, 0.3) is 0 Å². The minimum Gasteiger partial charge on any atom is -0.390 e. The highest BCUT2D eigenvalue weighted by Gasteiger charge is 2.25. The van der Waals surface area contributed by atoms with E-state index in [1.54, 1.807) is 0 Å². The van der Waals surface area contributed by atoms with Gasteiger partial charge in [-0.25, -0.2) is 0 Å². The Kier molecular flexibility index (Phi) is 8.91. The summed E-state index contributed by atoms with van der Waals surface area (Å²) in [7, 11) is 4.18. The first-order chi connectivity index (χ1) is 9.20. The van der Waals surface area contributed by atoms with Gasteiger partial charge in [-0.15, -0.1) is 0 Å². The Morgan fingerprint density at radius 2 is 0.850 bits per heavy atom. The Hall–Kier alpha value is -0.160. The van der Waals surface area contributed by atoms with Gasteiger partial charge in [-0.3, -0.25) is 0 Å². The van der Waals surface area contributed by atoms with Crippen LogP contribution >= 0.6 is 0 Å². The highest BCUT2D eigenvalue weighted by molar-refractivity contribution is 4.80. The summed E-state index contributed by atoms with van der Waals surface area (Å²) < 4.78 is 0. The zero-order chi connectivity index (χ0) is 15.8. The molecule has 2 fully saturated rings. The highest BCUT2D eigenvalue weighted by Crippen LogP contribution is 2.20. The molecule has 4 heteroatoms. The Bertz CT molecular complexity index is 209. The first-order valence-corrected chi connectivity index (χ1v) is 8.02. The zero-order valence-corrected chi connectivity index (χ0v) is 14.4. The summed E-state index contributed by atoms with van der Waals surface area (Å²) >= 11 is 0. The van der Waals surface area contributed by atoms with Crippen LogP contribution in [0.15, 0.2) is 0 Å². The topological polar surface area (TPSA) is 46.9 Å². The van der Waals surface area contributed by atoms with Gasteiger partial charge in [0.05, 0.1) is 11.2 Å². The Morgan fingerprint density at radius 1 is 0.650 bits per heavy atom. The highest BCUT2D eigenvalue weighted by atomic mass is 16.3. The van der Waals surface area contributed by atoms with E-state index >= 15 is 0 Å². The molecule has 2 saturated heterocycles. The SMILES string of the molecule is CC.CN1CCC(C)(O)CC1.CN1CCC(C)(O)CC1. The molecule has 0 aromatic carbocycles. The second kappa shape index (κ2) is 8.98. The summed E-state index contributed by atoms with van der Waals surface area (Å²) in [6, 6.07) is 0. The van der Waals surface area contributed by atoms with Crippen LogP contribution in [0, 0.1) is 0 Å². The molecule has 0 aromatic heterocycles. The minimum absolute atomic E-state index is 0.382. The molecule has 122 valence electrons. The van der Waals surface area contributed by atoms with E-state index < -0.39 is 0 Å². The summed E-state index contributed by atoms with van der Waals surface area (Å²) in [4.78, 5) is 4.50. The molecule has 20 heavy (non-hydrogen) atoms. The molecule has 2 aliphatic heterocycles. The summed E-state index contributed by atoms with van der Waals surface area (Å²) in [6.45, 7) is 12.0. The molecular formula is C16H36N2O2. The van der Waals surface area contributed by atoms with Gasteiger partial charge in [0.15, 0.2) is 0 Å². The first kappa shape index (κ1) is 19.8. The average Bonchev–Trinajstić information content (AvgIpc) is 2.40. The summed E-state index contributed by atoms with van der Waals surface area (Å²) in [6.07, 6.45) is 3.68. The van der Waals surface area contributed by atoms with Gasteiger partial charge in [-0.05, 0) is 53.6 Å². The Balaban J connectivity index is 0.000000321. The largest absolute Gasteiger partial charge is 0.390 e. The van der Waals surface area contributed by atoms with Crippen molar-refractivity contribution >= 4 is 0 Å². The lowest BCUT2D eigenvalue weighted by atomic mass is 9.94. The molecule has 0 amide bonds. The molecule has 2 N–H and O–H groups in total.